The van der Waals surface area contributed by atoms with Crippen molar-refractivity contribution in [3.05, 3.63) is 77.4 Å². The molecule has 33 heavy (non-hydrogen) atoms. The Morgan fingerprint density at radius 1 is 1.09 bits per heavy atom. The number of rotatable bonds is 10. The third kappa shape index (κ3) is 5.69. The first-order valence-corrected chi connectivity index (χ1v) is 12.4. The van der Waals surface area contributed by atoms with E-state index >= 15 is 0 Å². The van der Waals surface area contributed by atoms with Crippen LogP contribution in [0, 0.1) is 6.92 Å². The molecule has 0 saturated carbocycles. The van der Waals surface area contributed by atoms with Gasteiger partial charge in [0.25, 0.3) is 0 Å². The molecular weight excluding hydrogens is 434 g/mol. The topological polar surface area (TPSA) is 65.5 Å². The van der Waals surface area contributed by atoms with E-state index in [4.69, 9.17) is 13.6 Å². The molecule has 0 amide bonds. The number of benzene rings is 2. The Labute approximate surface area is 198 Å². The van der Waals surface area contributed by atoms with Crippen LogP contribution in [0.5, 0.6) is 0 Å². The molecule has 6 heteroatoms. The van der Waals surface area contributed by atoms with E-state index in [0.29, 0.717) is 25.3 Å². The molecule has 2 aromatic heterocycles. The van der Waals surface area contributed by atoms with Gasteiger partial charge in [0.05, 0.1) is 18.7 Å². The fourth-order valence-electron chi connectivity index (χ4n) is 3.74. The minimum absolute atomic E-state index is 0.139. The van der Waals surface area contributed by atoms with E-state index in [9.17, 15) is 4.79 Å². The Kier molecular flexibility index (Phi) is 7.55. The van der Waals surface area contributed by atoms with Crippen LogP contribution < -0.4 is 0 Å². The standard InChI is InChI=1S/C27H29NO4S/c1-4-13-33-25(27(29)30-5-2)15-19-11-12-24-21(14-19)16-22(32-24)17-23-18(3)31-26(28-23)20-9-7-6-8-10-20/h6-12,14,16,25H,4-5,13,15,17H2,1-3H3. The third-order valence-corrected chi connectivity index (χ3v) is 6.79. The lowest BCUT2D eigenvalue weighted by molar-refractivity contribution is -0.142. The number of oxazole rings is 1. The van der Waals surface area contributed by atoms with Crippen LogP contribution in [0.15, 0.2) is 63.4 Å². The zero-order valence-electron chi connectivity index (χ0n) is 19.3. The predicted octanol–water partition coefficient (Wildman–Crippen LogP) is 6.60. The zero-order valence-corrected chi connectivity index (χ0v) is 20.1. The van der Waals surface area contributed by atoms with Crippen molar-refractivity contribution in [1.29, 1.82) is 0 Å². The average molecular weight is 464 g/mol. The highest BCUT2D eigenvalue weighted by Gasteiger charge is 2.21. The molecule has 4 aromatic rings. The zero-order chi connectivity index (χ0) is 23.2. The minimum atomic E-state index is -0.192. The van der Waals surface area contributed by atoms with Gasteiger partial charge in [-0.05, 0) is 68.3 Å². The molecule has 0 aliphatic carbocycles. The maximum atomic E-state index is 12.4. The predicted molar refractivity (Wildman–Crippen MR) is 133 cm³/mol. The molecule has 4 rings (SSSR count). The Bertz CT molecular complexity index is 1210. The molecule has 0 bridgehead atoms. The van der Waals surface area contributed by atoms with Gasteiger partial charge >= 0.3 is 5.97 Å². The van der Waals surface area contributed by atoms with Crippen molar-refractivity contribution < 1.29 is 18.4 Å². The molecule has 172 valence electrons. The van der Waals surface area contributed by atoms with Crippen molar-refractivity contribution in [2.45, 2.75) is 45.3 Å². The van der Waals surface area contributed by atoms with Gasteiger partial charge in [-0.25, -0.2) is 4.98 Å². The van der Waals surface area contributed by atoms with Crippen LogP contribution in [0.25, 0.3) is 22.4 Å². The Hall–Kier alpha value is -2.99. The molecule has 0 aliphatic rings. The highest BCUT2D eigenvalue weighted by Crippen LogP contribution is 2.28. The van der Waals surface area contributed by atoms with Gasteiger partial charge in [-0.15, -0.1) is 11.8 Å². The Balaban J connectivity index is 1.51. The van der Waals surface area contributed by atoms with Gasteiger partial charge in [0, 0.05) is 10.9 Å². The van der Waals surface area contributed by atoms with Gasteiger partial charge in [-0.3, -0.25) is 4.79 Å². The van der Waals surface area contributed by atoms with Gasteiger partial charge in [0.2, 0.25) is 5.89 Å². The number of aromatic nitrogens is 1. The maximum Gasteiger partial charge on any atom is 0.319 e. The number of thioether (sulfide) groups is 1. The molecule has 0 N–H and O–H groups in total. The van der Waals surface area contributed by atoms with Crippen molar-refractivity contribution in [2.24, 2.45) is 0 Å². The number of fused-ring (bicyclic) bond motifs is 1. The van der Waals surface area contributed by atoms with E-state index in [0.717, 1.165) is 51.5 Å². The van der Waals surface area contributed by atoms with Crippen LogP contribution in [0.1, 0.15) is 43.0 Å². The minimum Gasteiger partial charge on any atom is -0.465 e. The number of hydrogen-bond donors (Lipinski definition) is 0. The smallest absolute Gasteiger partial charge is 0.319 e. The largest absolute Gasteiger partial charge is 0.465 e. The summed E-state index contributed by atoms with van der Waals surface area (Å²) in [7, 11) is 0. The van der Waals surface area contributed by atoms with E-state index in [1.165, 1.54) is 0 Å². The highest BCUT2D eigenvalue weighted by molar-refractivity contribution is 8.00. The van der Waals surface area contributed by atoms with Crippen molar-refractivity contribution >= 4 is 28.7 Å². The second kappa shape index (κ2) is 10.8. The molecule has 5 nitrogen and oxygen atoms in total. The fourth-order valence-corrected chi connectivity index (χ4v) is 4.78. The molecule has 0 spiro atoms. The number of esters is 1. The van der Waals surface area contributed by atoms with Crippen molar-refractivity contribution in [2.75, 3.05) is 12.4 Å². The van der Waals surface area contributed by atoms with Crippen molar-refractivity contribution in [1.82, 2.24) is 4.98 Å². The summed E-state index contributed by atoms with van der Waals surface area (Å²) in [5, 5.41) is 0.831. The second-order valence-electron chi connectivity index (χ2n) is 7.97. The summed E-state index contributed by atoms with van der Waals surface area (Å²) >= 11 is 1.66. The first kappa shape index (κ1) is 23.2. The van der Waals surface area contributed by atoms with Gasteiger partial charge < -0.3 is 13.6 Å². The lowest BCUT2D eigenvalue weighted by Crippen LogP contribution is -2.23. The van der Waals surface area contributed by atoms with E-state index in [2.05, 4.69) is 18.0 Å². The summed E-state index contributed by atoms with van der Waals surface area (Å²) in [5.41, 5.74) is 3.75. The molecule has 0 saturated heterocycles. The molecule has 0 aliphatic heterocycles. The summed E-state index contributed by atoms with van der Waals surface area (Å²) in [4.78, 5) is 17.1. The first-order valence-electron chi connectivity index (χ1n) is 11.4. The molecule has 1 atom stereocenters. The van der Waals surface area contributed by atoms with Gasteiger partial charge in [-0.2, -0.15) is 0 Å². The quantitative estimate of drug-likeness (QED) is 0.247. The van der Waals surface area contributed by atoms with E-state index in [1.54, 1.807) is 11.8 Å². The number of aryl methyl sites for hydroxylation is 1. The fraction of sp³-hybridized carbons (Fsp3) is 0.333. The Morgan fingerprint density at radius 2 is 1.91 bits per heavy atom. The van der Waals surface area contributed by atoms with Crippen molar-refractivity contribution in [3.63, 3.8) is 0 Å². The average Bonchev–Trinajstić information content (AvgIpc) is 3.39. The van der Waals surface area contributed by atoms with Crippen molar-refractivity contribution in [3.8, 4) is 11.5 Å². The molecule has 2 aromatic carbocycles. The molecule has 1 unspecified atom stereocenters. The third-order valence-electron chi connectivity index (χ3n) is 5.38. The van der Waals surface area contributed by atoms with Crippen LogP contribution >= 0.6 is 11.8 Å². The number of carbonyl (C=O) groups excluding carboxylic acids is 1. The van der Waals surface area contributed by atoms with Crippen LogP contribution in [0.2, 0.25) is 0 Å². The maximum absolute atomic E-state index is 12.4. The number of ether oxygens (including phenoxy) is 1. The van der Waals surface area contributed by atoms with Crippen LogP contribution in [-0.2, 0) is 22.4 Å². The lowest BCUT2D eigenvalue weighted by atomic mass is 10.1. The highest BCUT2D eigenvalue weighted by atomic mass is 32.2. The summed E-state index contributed by atoms with van der Waals surface area (Å²) in [6.45, 7) is 6.30. The van der Waals surface area contributed by atoms with Gasteiger partial charge in [0.1, 0.15) is 22.4 Å². The molecule has 0 radical (unpaired) electrons. The number of carbonyl (C=O) groups is 1. The second-order valence-corrected chi connectivity index (χ2v) is 9.28. The monoisotopic (exact) mass is 463 g/mol. The van der Waals surface area contributed by atoms with E-state index < -0.39 is 0 Å². The van der Waals surface area contributed by atoms with Crippen LogP contribution in [0.3, 0.4) is 0 Å². The van der Waals surface area contributed by atoms with Gasteiger partial charge in [0.15, 0.2) is 0 Å². The molecular formula is C27H29NO4S. The summed E-state index contributed by atoms with van der Waals surface area (Å²) in [6, 6.07) is 18.0. The van der Waals surface area contributed by atoms with Gasteiger partial charge in [-0.1, -0.05) is 31.2 Å². The Morgan fingerprint density at radius 3 is 2.67 bits per heavy atom. The van der Waals surface area contributed by atoms with E-state index in [1.807, 2.05) is 62.4 Å². The van der Waals surface area contributed by atoms with E-state index in [-0.39, 0.29) is 11.2 Å². The first-order chi connectivity index (χ1) is 16.1. The van der Waals surface area contributed by atoms with Crippen LogP contribution in [0.4, 0.5) is 0 Å². The number of hydrogen-bond acceptors (Lipinski definition) is 6. The number of furan rings is 1. The normalized spacial score (nSPS) is 12.2. The molecule has 2 heterocycles. The molecule has 0 fully saturated rings. The number of nitrogens with zero attached hydrogens (tertiary/aromatic N) is 1. The summed E-state index contributed by atoms with van der Waals surface area (Å²) in [5.74, 6) is 3.04. The van der Waals surface area contributed by atoms with Crippen LogP contribution in [-0.4, -0.2) is 28.6 Å². The summed E-state index contributed by atoms with van der Waals surface area (Å²) < 4.78 is 17.2. The SMILES string of the molecule is CCCSC(Cc1ccc2oc(Cc3nc(-c4ccccc4)oc3C)cc2c1)C(=O)OCC. The summed E-state index contributed by atoms with van der Waals surface area (Å²) in [6.07, 6.45) is 2.23. The lowest BCUT2D eigenvalue weighted by Gasteiger charge is -2.15.